The predicted octanol–water partition coefficient (Wildman–Crippen LogP) is 10.1. The third kappa shape index (κ3) is 4.51. The molecule has 0 radical (unpaired) electrons. The van der Waals surface area contributed by atoms with E-state index in [1.165, 1.54) is 5.56 Å². The van der Waals surface area contributed by atoms with Crippen molar-refractivity contribution in [2.45, 2.75) is 26.2 Å². The zero-order valence-electron chi connectivity index (χ0n) is 24.3. The summed E-state index contributed by atoms with van der Waals surface area (Å²) in [5.74, 6) is 0.503. The summed E-state index contributed by atoms with van der Waals surface area (Å²) in [6, 6.07) is 35.4. The van der Waals surface area contributed by atoms with Crippen LogP contribution < -0.4 is 0 Å². The van der Waals surface area contributed by atoms with E-state index in [9.17, 15) is 5.11 Å². The molecule has 5 aromatic carbocycles. The van der Waals surface area contributed by atoms with Gasteiger partial charge in [0.15, 0.2) is 5.58 Å². The molecule has 0 aliphatic carbocycles. The third-order valence-corrected chi connectivity index (χ3v) is 8.11. The second-order valence-corrected chi connectivity index (χ2v) is 11.9. The summed E-state index contributed by atoms with van der Waals surface area (Å²) >= 11 is 0. The molecule has 5 nitrogen and oxygen atoms in total. The Balaban J connectivity index is 0.00000312. The molecule has 3 heterocycles. The Morgan fingerprint density at radius 2 is 1.36 bits per heavy atom. The first kappa shape index (κ1) is 28.1. The summed E-state index contributed by atoms with van der Waals surface area (Å²) in [7, 11) is 0. The number of oxazole rings is 1. The Kier molecular flexibility index (Phi) is 6.67. The molecule has 0 saturated heterocycles. The van der Waals surface area contributed by atoms with Gasteiger partial charge >= 0.3 is 0 Å². The van der Waals surface area contributed by atoms with Crippen molar-refractivity contribution in [3.05, 3.63) is 115 Å². The molecule has 0 unspecified atom stereocenters. The van der Waals surface area contributed by atoms with Crippen LogP contribution in [0.2, 0.25) is 0 Å². The molecule has 8 aromatic rings. The third-order valence-electron chi connectivity index (χ3n) is 8.11. The maximum absolute atomic E-state index is 10.4. The van der Waals surface area contributed by atoms with Crippen LogP contribution in [0.5, 0.6) is 5.75 Å². The number of nitrogens with zero attached hydrogens (tertiary/aromatic N) is 2. The van der Waals surface area contributed by atoms with Gasteiger partial charge in [0.2, 0.25) is 5.89 Å². The SMILES string of the molecule is CC(C)(C)c1cc(-c2[c-]c(-c3cccc4oc(-c5ccccc5O)nc34)ccc2)c2ncc3oc4ccccc4c3c2c1.[Pt]. The van der Waals surface area contributed by atoms with Gasteiger partial charge in [0.1, 0.15) is 16.9 Å². The minimum atomic E-state index is -0.0893. The van der Waals surface area contributed by atoms with E-state index >= 15 is 0 Å². The molecule has 0 bridgehead atoms. The van der Waals surface area contributed by atoms with Crippen molar-refractivity contribution in [3.63, 3.8) is 0 Å². The van der Waals surface area contributed by atoms with Crippen LogP contribution in [0, 0.1) is 6.07 Å². The van der Waals surface area contributed by atoms with Crippen LogP contribution in [0.4, 0.5) is 0 Å². The zero-order chi connectivity index (χ0) is 29.3. The normalized spacial score (nSPS) is 11.9. The van der Waals surface area contributed by atoms with Gasteiger partial charge in [0, 0.05) is 42.7 Å². The number of pyridine rings is 1. The molecule has 8 rings (SSSR count). The van der Waals surface area contributed by atoms with Crippen LogP contribution in [0.15, 0.2) is 112 Å². The number of fused-ring (bicyclic) bond motifs is 6. The van der Waals surface area contributed by atoms with E-state index in [1.54, 1.807) is 18.2 Å². The fraction of sp³-hybridized carbons (Fsp3) is 0.105. The molecule has 0 fully saturated rings. The average Bonchev–Trinajstić information content (AvgIpc) is 3.62. The van der Waals surface area contributed by atoms with E-state index in [1.807, 2.05) is 60.8 Å². The molecule has 0 aliphatic rings. The topological polar surface area (TPSA) is 72.3 Å². The summed E-state index contributed by atoms with van der Waals surface area (Å²) in [5.41, 5.74) is 9.31. The van der Waals surface area contributed by atoms with E-state index in [-0.39, 0.29) is 32.2 Å². The van der Waals surface area contributed by atoms with Crippen molar-refractivity contribution >= 4 is 43.9 Å². The second-order valence-electron chi connectivity index (χ2n) is 11.9. The molecular weight excluding hydrogens is 728 g/mol. The number of hydrogen-bond acceptors (Lipinski definition) is 5. The largest absolute Gasteiger partial charge is 0.507 e. The minimum absolute atomic E-state index is 0. The minimum Gasteiger partial charge on any atom is -0.507 e. The van der Waals surface area contributed by atoms with Gasteiger partial charge < -0.3 is 13.9 Å². The quantitative estimate of drug-likeness (QED) is 0.182. The van der Waals surface area contributed by atoms with Crippen molar-refractivity contribution < 1.29 is 35.0 Å². The van der Waals surface area contributed by atoms with E-state index in [0.29, 0.717) is 22.6 Å². The Morgan fingerprint density at radius 3 is 2.18 bits per heavy atom. The van der Waals surface area contributed by atoms with Gasteiger partial charge in [-0.05, 0) is 41.3 Å². The number of para-hydroxylation sites is 3. The van der Waals surface area contributed by atoms with Gasteiger partial charge in [-0.25, -0.2) is 4.98 Å². The molecule has 0 saturated carbocycles. The van der Waals surface area contributed by atoms with E-state index < -0.39 is 0 Å². The van der Waals surface area contributed by atoms with E-state index in [4.69, 9.17) is 18.8 Å². The number of phenolic OH excluding ortho intramolecular Hbond substituents is 1. The molecule has 6 heteroatoms. The molecule has 1 N–H and O–H groups in total. The van der Waals surface area contributed by atoms with Gasteiger partial charge in [-0.2, -0.15) is 0 Å². The number of phenols is 1. The van der Waals surface area contributed by atoms with Crippen molar-refractivity contribution in [1.29, 1.82) is 0 Å². The Bertz CT molecular complexity index is 2360. The summed E-state index contributed by atoms with van der Waals surface area (Å²) in [6.45, 7) is 6.69. The van der Waals surface area contributed by atoms with Gasteiger partial charge in [-0.15, -0.1) is 35.4 Å². The first-order valence-electron chi connectivity index (χ1n) is 14.3. The average molecular weight is 755 g/mol. The number of furan rings is 1. The summed E-state index contributed by atoms with van der Waals surface area (Å²) in [4.78, 5) is 9.74. The van der Waals surface area contributed by atoms with Gasteiger partial charge in [-0.1, -0.05) is 80.4 Å². The van der Waals surface area contributed by atoms with Gasteiger partial charge in [0.05, 0.1) is 17.3 Å². The molecule has 0 aliphatic heterocycles. The van der Waals surface area contributed by atoms with Crippen LogP contribution in [0.1, 0.15) is 26.3 Å². The Morgan fingerprint density at radius 1 is 0.659 bits per heavy atom. The van der Waals surface area contributed by atoms with Crippen LogP contribution in [0.25, 0.3) is 77.6 Å². The van der Waals surface area contributed by atoms with Crippen molar-refractivity contribution in [2.24, 2.45) is 0 Å². The fourth-order valence-corrected chi connectivity index (χ4v) is 5.88. The van der Waals surface area contributed by atoms with Crippen LogP contribution in [-0.4, -0.2) is 15.1 Å². The molecule has 44 heavy (non-hydrogen) atoms. The predicted molar refractivity (Wildman–Crippen MR) is 172 cm³/mol. The maximum atomic E-state index is 10.4. The number of hydrogen-bond donors (Lipinski definition) is 1. The molecule has 0 spiro atoms. The first-order chi connectivity index (χ1) is 20.8. The molecule has 3 aromatic heterocycles. The maximum Gasteiger partial charge on any atom is 0.230 e. The monoisotopic (exact) mass is 754 g/mol. The summed E-state index contributed by atoms with van der Waals surface area (Å²) in [6.07, 6.45) is 1.83. The van der Waals surface area contributed by atoms with E-state index in [0.717, 1.165) is 55.1 Å². The van der Waals surface area contributed by atoms with Crippen molar-refractivity contribution in [1.82, 2.24) is 9.97 Å². The number of rotatable bonds is 3. The van der Waals surface area contributed by atoms with Crippen LogP contribution in [-0.2, 0) is 26.5 Å². The smallest absolute Gasteiger partial charge is 0.230 e. The zero-order valence-corrected chi connectivity index (χ0v) is 26.6. The fourth-order valence-electron chi connectivity index (χ4n) is 5.88. The molecule has 218 valence electrons. The Hall–Kier alpha value is -4.73. The van der Waals surface area contributed by atoms with Crippen LogP contribution in [0.3, 0.4) is 0 Å². The van der Waals surface area contributed by atoms with E-state index in [2.05, 4.69) is 51.1 Å². The number of aromatic nitrogens is 2. The summed E-state index contributed by atoms with van der Waals surface area (Å²) < 4.78 is 12.3. The molecule has 0 atom stereocenters. The standard InChI is InChI=1S/C38H27N2O3.Pt/c1-38(2,3)24-19-28(35-29(20-24)34-27-13-5-7-16-31(27)42-33(34)21-39-35)23-11-8-10-22(18-23)25-14-9-17-32-36(25)40-37(43-32)26-12-4-6-15-30(26)41;/h4-17,19-21,41H,1-3H3;/q-1;. The van der Waals surface area contributed by atoms with Crippen molar-refractivity contribution in [2.75, 3.05) is 0 Å². The molecular formula is C38H27N2O3Pt-. The number of benzene rings is 5. The van der Waals surface area contributed by atoms with Crippen LogP contribution >= 0.6 is 0 Å². The first-order valence-corrected chi connectivity index (χ1v) is 14.3. The van der Waals surface area contributed by atoms with Gasteiger partial charge in [0.25, 0.3) is 0 Å². The molecule has 0 amide bonds. The Labute approximate surface area is 268 Å². The van der Waals surface area contributed by atoms with Gasteiger partial charge in [-0.3, -0.25) is 4.98 Å². The number of aromatic hydroxyl groups is 1. The summed E-state index contributed by atoms with van der Waals surface area (Å²) in [5, 5.41) is 13.6. The second kappa shape index (κ2) is 10.5. The van der Waals surface area contributed by atoms with Crippen molar-refractivity contribution in [3.8, 4) is 39.5 Å².